The van der Waals surface area contributed by atoms with Crippen molar-refractivity contribution < 1.29 is 9.90 Å². The minimum Gasteiger partial charge on any atom is -0.481 e. The minimum absolute atomic E-state index is 0.138. The Labute approximate surface area is 100 Å². The number of benzene rings is 1. The second-order valence-corrected chi connectivity index (χ2v) is 5.10. The van der Waals surface area contributed by atoms with Crippen molar-refractivity contribution in [2.75, 3.05) is 0 Å². The molecule has 0 heterocycles. The van der Waals surface area contributed by atoms with Crippen LogP contribution in [0.2, 0.25) is 5.02 Å². The van der Waals surface area contributed by atoms with Crippen LogP contribution in [0.1, 0.15) is 36.8 Å². The molecule has 86 valence electrons. The number of carbonyl (C=O) groups is 1. The van der Waals surface area contributed by atoms with Crippen LogP contribution in [0.5, 0.6) is 0 Å². The summed E-state index contributed by atoms with van der Waals surface area (Å²) in [6.45, 7) is 2.00. The Morgan fingerprint density at radius 1 is 1.50 bits per heavy atom. The Morgan fingerprint density at radius 2 is 2.19 bits per heavy atom. The molecule has 0 amide bonds. The Balaban J connectivity index is 2.36. The first-order chi connectivity index (χ1) is 7.53. The van der Waals surface area contributed by atoms with Gasteiger partial charge in [-0.15, -0.1) is 0 Å². The van der Waals surface area contributed by atoms with Crippen LogP contribution in [0.15, 0.2) is 18.2 Å². The Hall–Kier alpha value is -1.02. The molecule has 1 N–H and O–H groups in total. The topological polar surface area (TPSA) is 37.3 Å². The molecule has 0 saturated heterocycles. The third-order valence-electron chi connectivity index (χ3n) is 3.56. The van der Waals surface area contributed by atoms with Crippen LogP contribution >= 0.6 is 11.6 Å². The van der Waals surface area contributed by atoms with Gasteiger partial charge in [-0.3, -0.25) is 4.79 Å². The molecule has 0 atom stereocenters. The lowest BCUT2D eigenvalue weighted by atomic mass is 9.61. The fourth-order valence-corrected chi connectivity index (χ4v) is 2.88. The van der Waals surface area contributed by atoms with Crippen LogP contribution in [-0.4, -0.2) is 11.1 Å². The van der Waals surface area contributed by atoms with Crippen molar-refractivity contribution in [3.63, 3.8) is 0 Å². The van der Waals surface area contributed by atoms with E-state index in [-0.39, 0.29) is 11.8 Å². The van der Waals surface area contributed by atoms with Crippen molar-refractivity contribution in [2.45, 2.75) is 38.0 Å². The summed E-state index contributed by atoms with van der Waals surface area (Å²) in [5, 5.41) is 9.71. The average molecular weight is 239 g/mol. The molecule has 16 heavy (non-hydrogen) atoms. The van der Waals surface area contributed by atoms with Crippen molar-refractivity contribution in [1.82, 2.24) is 0 Å². The highest BCUT2D eigenvalue weighted by atomic mass is 35.5. The second-order valence-electron chi connectivity index (χ2n) is 4.66. The molecular formula is C13H15ClO2. The first-order valence-corrected chi connectivity index (χ1v) is 5.90. The number of aryl methyl sites for hydroxylation is 1. The van der Waals surface area contributed by atoms with Gasteiger partial charge in [-0.2, -0.15) is 0 Å². The molecule has 0 spiro atoms. The summed E-state index contributed by atoms with van der Waals surface area (Å²) in [4.78, 5) is 10.9. The molecule has 0 unspecified atom stereocenters. The monoisotopic (exact) mass is 238 g/mol. The number of carboxylic acids is 1. The van der Waals surface area contributed by atoms with Crippen LogP contribution in [0.25, 0.3) is 0 Å². The third kappa shape index (κ3) is 1.94. The van der Waals surface area contributed by atoms with Crippen LogP contribution in [0.4, 0.5) is 0 Å². The van der Waals surface area contributed by atoms with Crippen LogP contribution in [0.3, 0.4) is 0 Å². The van der Waals surface area contributed by atoms with Gasteiger partial charge in [0.2, 0.25) is 0 Å². The fourth-order valence-electron chi connectivity index (χ4n) is 2.66. The van der Waals surface area contributed by atoms with Gasteiger partial charge in [0.25, 0.3) is 0 Å². The smallest absolute Gasteiger partial charge is 0.304 e. The first kappa shape index (κ1) is 11.5. The van der Waals surface area contributed by atoms with E-state index in [0.717, 1.165) is 30.4 Å². The largest absolute Gasteiger partial charge is 0.481 e. The standard InChI is InChI=1S/C13H15ClO2/c1-9-7-10(14)3-4-11(9)13(5-2-6-13)8-12(15)16/h3-4,7H,2,5-6,8H2,1H3,(H,15,16). The van der Waals surface area contributed by atoms with E-state index in [2.05, 4.69) is 0 Å². The van der Waals surface area contributed by atoms with Gasteiger partial charge in [0, 0.05) is 10.4 Å². The van der Waals surface area contributed by atoms with Crippen molar-refractivity contribution in [3.8, 4) is 0 Å². The van der Waals surface area contributed by atoms with Crippen molar-refractivity contribution in [2.24, 2.45) is 0 Å². The number of hydrogen-bond donors (Lipinski definition) is 1. The summed E-state index contributed by atoms with van der Waals surface area (Å²) in [5.74, 6) is -0.714. The molecule has 3 heteroatoms. The average Bonchev–Trinajstić information content (AvgIpc) is 2.12. The van der Waals surface area contributed by atoms with Gasteiger partial charge in [0.1, 0.15) is 0 Å². The number of rotatable bonds is 3. The highest BCUT2D eigenvalue weighted by Gasteiger charge is 2.41. The van der Waals surface area contributed by atoms with Gasteiger partial charge in [-0.25, -0.2) is 0 Å². The van der Waals surface area contributed by atoms with Crippen LogP contribution in [-0.2, 0) is 10.2 Å². The lowest BCUT2D eigenvalue weighted by molar-refractivity contribution is -0.139. The van der Waals surface area contributed by atoms with Gasteiger partial charge in [-0.05, 0) is 43.0 Å². The summed E-state index contributed by atoms with van der Waals surface area (Å²) in [5.41, 5.74) is 2.12. The van der Waals surface area contributed by atoms with Gasteiger partial charge in [0.15, 0.2) is 0 Å². The predicted molar refractivity (Wildman–Crippen MR) is 64.0 cm³/mol. The molecule has 0 aromatic heterocycles. The maximum atomic E-state index is 10.9. The number of halogens is 1. The maximum absolute atomic E-state index is 10.9. The Kier molecular flexibility index (Phi) is 2.94. The number of carboxylic acid groups (broad SMARTS) is 1. The molecule has 1 fully saturated rings. The summed E-state index contributed by atoms with van der Waals surface area (Å²) in [6.07, 6.45) is 3.30. The van der Waals surface area contributed by atoms with E-state index in [1.807, 2.05) is 25.1 Å². The molecule has 2 nitrogen and oxygen atoms in total. The summed E-state index contributed by atoms with van der Waals surface area (Å²) >= 11 is 5.92. The van der Waals surface area contributed by atoms with Crippen LogP contribution < -0.4 is 0 Å². The molecule has 1 aliphatic rings. The SMILES string of the molecule is Cc1cc(Cl)ccc1C1(CC(=O)O)CCC1. The summed E-state index contributed by atoms with van der Waals surface area (Å²) < 4.78 is 0. The van der Waals surface area contributed by atoms with Gasteiger partial charge in [-0.1, -0.05) is 24.1 Å². The molecule has 2 rings (SSSR count). The zero-order valence-corrected chi connectivity index (χ0v) is 10.0. The summed E-state index contributed by atoms with van der Waals surface area (Å²) in [6, 6.07) is 5.75. The molecule has 1 aromatic rings. The lowest BCUT2D eigenvalue weighted by Crippen LogP contribution is -2.37. The van der Waals surface area contributed by atoms with Gasteiger partial charge < -0.3 is 5.11 Å². The fraction of sp³-hybridized carbons (Fsp3) is 0.462. The number of hydrogen-bond acceptors (Lipinski definition) is 1. The zero-order valence-electron chi connectivity index (χ0n) is 9.29. The van der Waals surface area contributed by atoms with Gasteiger partial charge >= 0.3 is 5.97 Å². The quantitative estimate of drug-likeness (QED) is 0.875. The van der Waals surface area contributed by atoms with E-state index in [9.17, 15) is 4.79 Å². The van der Waals surface area contributed by atoms with E-state index in [0.29, 0.717) is 5.02 Å². The van der Waals surface area contributed by atoms with Crippen molar-refractivity contribution >= 4 is 17.6 Å². The van der Waals surface area contributed by atoms with Crippen LogP contribution in [0, 0.1) is 6.92 Å². The normalized spacial score (nSPS) is 17.9. The minimum atomic E-state index is -0.714. The Morgan fingerprint density at radius 3 is 2.62 bits per heavy atom. The Bertz CT molecular complexity index is 422. The second kappa shape index (κ2) is 4.10. The molecular weight excluding hydrogens is 224 g/mol. The van der Waals surface area contributed by atoms with Crippen molar-refractivity contribution in [3.05, 3.63) is 34.3 Å². The van der Waals surface area contributed by atoms with E-state index < -0.39 is 5.97 Å². The molecule has 1 aliphatic carbocycles. The molecule has 1 aromatic carbocycles. The molecule has 0 aliphatic heterocycles. The van der Waals surface area contributed by atoms with Gasteiger partial charge in [0.05, 0.1) is 6.42 Å². The molecule has 0 bridgehead atoms. The van der Waals surface area contributed by atoms with E-state index in [1.54, 1.807) is 0 Å². The number of aliphatic carboxylic acids is 1. The highest BCUT2D eigenvalue weighted by molar-refractivity contribution is 6.30. The molecule has 1 saturated carbocycles. The molecule has 0 radical (unpaired) electrons. The highest BCUT2D eigenvalue weighted by Crippen LogP contribution is 2.47. The van der Waals surface area contributed by atoms with E-state index in [4.69, 9.17) is 16.7 Å². The van der Waals surface area contributed by atoms with E-state index >= 15 is 0 Å². The first-order valence-electron chi connectivity index (χ1n) is 5.52. The van der Waals surface area contributed by atoms with E-state index in [1.165, 1.54) is 0 Å². The summed E-state index contributed by atoms with van der Waals surface area (Å²) in [7, 11) is 0. The zero-order chi connectivity index (χ0) is 11.8. The maximum Gasteiger partial charge on any atom is 0.304 e. The third-order valence-corrected chi connectivity index (χ3v) is 3.80. The van der Waals surface area contributed by atoms with Crippen molar-refractivity contribution in [1.29, 1.82) is 0 Å². The predicted octanol–water partition coefficient (Wildman–Crippen LogP) is 3.54. The lowest BCUT2D eigenvalue weighted by Gasteiger charge is -2.42.